The number of hydrogen-bond acceptors (Lipinski definition) is 4. The van der Waals surface area contributed by atoms with E-state index in [9.17, 15) is 4.79 Å². The Morgan fingerprint density at radius 3 is 2.67 bits per heavy atom. The SMILES string of the molecule is CCc1cc(C(=O)Nc2ccccc2N(C)C)cc(N)n1. The van der Waals surface area contributed by atoms with Crippen LogP contribution in [-0.2, 0) is 6.42 Å². The van der Waals surface area contributed by atoms with E-state index in [4.69, 9.17) is 5.73 Å². The molecule has 21 heavy (non-hydrogen) atoms. The zero-order valence-electron chi connectivity index (χ0n) is 12.6. The second-order valence-electron chi connectivity index (χ2n) is 4.99. The van der Waals surface area contributed by atoms with E-state index >= 15 is 0 Å². The number of anilines is 3. The largest absolute Gasteiger partial charge is 0.384 e. The number of aryl methyl sites for hydroxylation is 1. The average molecular weight is 284 g/mol. The predicted molar refractivity (Wildman–Crippen MR) is 86.7 cm³/mol. The Morgan fingerprint density at radius 2 is 2.00 bits per heavy atom. The highest BCUT2D eigenvalue weighted by Gasteiger charge is 2.11. The topological polar surface area (TPSA) is 71.2 Å². The average Bonchev–Trinajstić information content (AvgIpc) is 2.46. The number of nitrogens with zero attached hydrogens (tertiary/aromatic N) is 2. The lowest BCUT2D eigenvalue weighted by Gasteiger charge is -2.17. The number of rotatable bonds is 4. The molecule has 5 nitrogen and oxygen atoms in total. The van der Waals surface area contributed by atoms with E-state index in [-0.39, 0.29) is 5.91 Å². The molecule has 0 bridgehead atoms. The second-order valence-corrected chi connectivity index (χ2v) is 4.99. The summed E-state index contributed by atoms with van der Waals surface area (Å²) in [6.07, 6.45) is 0.736. The van der Waals surface area contributed by atoms with E-state index < -0.39 is 0 Å². The Kier molecular flexibility index (Phi) is 4.42. The number of aromatic nitrogens is 1. The lowest BCUT2D eigenvalue weighted by molar-refractivity contribution is 0.102. The van der Waals surface area contributed by atoms with Crippen LogP contribution in [0.4, 0.5) is 17.2 Å². The lowest BCUT2D eigenvalue weighted by Crippen LogP contribution is -2.17. The molecule has 1 aromatic carbocycles. The minimum atomic E-state index is -0.187. The minimum absolute atomic E-state index is 0.187. The molecule has 1 aromatic heterocycles. The molecule has 110 valence electrons. The number of carbonyl (C=O) groups is 1. The number of pyridine rings is 1. The van der Waals surface area contributed by atoms with Crippen LogP contribution in [0.15, 0.2) is 36.4 Å². The van der Waals surface area contributed by atoms with Crippen LogP contribution in [0.3, 0.4) is 0 Å². The Bertz CT molecular complexity index is 652. The van der Waals surface area contributed by atoms with Gasteiger partial charge in [0, 0.05) is 25.4 Å². The minimum Gasteiger partial charge on any atom is -0.384 e. The Hall–Kier alpha value is -2.56. The van der Waals surface area contributed by atoms with E-state index in [1.54, 1.807) is 12.1 Å². The first-order valence-corrected chi connectivity index (χ1v) is 6.85. The van der Waals surface area contributed by atoms with Crippen molar-refractivity contribution in [2.24, 2.45) is 0 Å². The zero-order valence-corrected chi connectivity index (χ0v) is 12.6. The second kappa shape index (κ2) is 6.26. The van der Waals surface area contributed by atoms with Crippen LogP contribution < -0.4 is 16.0 Å². The summed E-state index contributed by atoms with van der Waals surface area (Å²) < 4.78 is 0. The van der Waals surface area contributed by atoms with Crippen LogP contribution in [0.25, 0.3) is 0 Å². The van der Waals surface area contributed by atoms with Crippen molar-refractivity contribution in [1.82, 2.24) is 4.98 Å². The van der Waals surface area contributed by atoms with Gasteiger partial charge in [-0.1, -0.05) is 19.1 Å². The monoisotopic (exact) mass is 284 g/mol. The van der Waals surface area contributed by atoms with Crippen molar-refractivity contribution in [3.05, 3.63) is 47.7 Å². The molecule has 1 amide bonds. The van der Waals surface area contributed by atoms with Crippen LogP contribution in [0.1, 0.15) is 23.0 Å². The molecule has 0 saturated carbocycles. The first-order chi connectivity index (χ1) is 10.0. The zero-order chi connectivity index (χ0) is 15.4. The van der Waals surface area contributed by atoms with Crippen LogP contribution in [0, 0.1) is 0 Å². The van der Waals surface area contributed by atoms with Gasteiger partial charge in [-0.25, -0.2) is 4.98 Å². The number of para-hydroxylation sites is 2. The first kappa shape index (κ1) is 14.8. The summed E-state index contributed by atoms with van der Waals surface area (Å²) in [5, 5.41) is 2.92. The molecule has 0 saturated heterocycles. The van der Waals surface area contributed by atoms with Crippen molar-refractivity contribution in [2.45, 2.75) is 13.3 Å². The number of carbonyl (C=O) groups excluding carboxylic acids is 1. The summed E-state index contributed by atoms with van der Waals surface area (Å²) in [5.74, 6) is 0.175. The third kappa shape index (κ3) is 3.51. The Labute approximate surface area is 124 Å². The molecule has 0 unspecified atom stereocenters. The molecule has 0 spiro atoms. The maximum atomic E-state index is 12.4. The normalized spacial score (nSPS) is 10.2. The fourth-order valence-electron chi connectivity index (χ4n) is 2.09. The molecular weight excluding hydrogens is 264 g/mol. The summed E-state index contributed by atoms with van der Waals surface area (Å²) >= 11 is 0. The third-order valence-corrected chi connectivity index (χ3v) is 3.16. The van der Waals surface area contributed by atoms with Gasteiger partial charge in [0.1, 0.15) is 5.82 Å². The highest BCUT2D eigenvalue weighted by Crippen LogP contribution is 2.24. The van der Waals surface area contributed by atoms with Gasteiger partial charge in [-0.3, -0.25) is 4.79 Å². The van der Waals surface area contributed by atoms with Crippen LogP contribution in [-0.4, -0.2) is 25.0 Å². The highest BCUT2D eigenvalue weighted by molar-refractivity contribution is 6.06. The molecule has 0 radical (unpaired) electrons. The molecule has 0 aliphatic heterocycles. The number of hydrogen-bond donors (Lipinski definition) is 2. The molecule has 2 rings (SSSR count). The lowest BCUT2D eigenvalue weighted by atomic mass is 10.1. The predicted octanol–water partition coefficient (Wildman–Crippen LogP) is 2.54. The molecule has 0 aliphatic rings. The van der Waals surface area contributed by atoms with Crippen LogP contribution in [0.5, 0.6) is 0 Å². The van der Waals surface area contributed by atoms with E-state index in [0.29, 0.717) is 11.4 Å². The smallest absolute Gasteiger partial charge is 0.255 e. The fraction of sp³-hybridized carbons (Fsp3) is 0.250. The first-order valence-electron chi connectivity index (χ1n) is 6.85. The molecule has 2 aromatic rings. The summed E-state index contributed by atoms with van der Waals surface area (Å²) in [6.45, 7) is 1.98. The van der Waals surface area contributed by atoms with Crippen molar-refractivity contribution in [1.29, 1.82) is 0 Å². The van der Waals surface area contributed by atoms with Crippen molar-refractivity contribution in [2.75, 3.05) is 30.0 Å². The maximum absolute atomic E-state index is 12.4. The Morgan fingerprint density at radius 1 is 1.29 bits per heavy atom. The number of nitrogens with one attached hydrogen (secondary N) is 1. The molecule has 5 heteroatoms. The molecule has 0 aliphatic carbocycles. The van der Waals surface area contributed by atoms with Gasteiger partial charge in [-0.05, 0) is 30.7 Å². The van der Waals surface area contributed by atoms with Crippen LogP contribution >= 0.6 is 0 Å². The van der Waals surface area contributed by atoms with Gasteiger partial charge in [0.05, 0.1) is 11.4 Å². The molecule has 3 N–H and O–H groups in total. The molecule has 0 fully saturated rings. The van der Waals surface area contributed by atoms with Gasteiger partial charge < -0.3 is 16.0 Å². The van der Waals surface area contributed by atoms with Gasteiger partial charge in [0.25, 0.3) is 5.91 Å². The van der Waals surface area contributed by atoms with Crippen molar-refractivity contribution >= 4 is 23.1 Å². The highest BCUT2D eigenvalue weighted by atomic mass is 16.1. The standard InChI is InChI=1S/C16H20N4O/c1-4-12-9-11(10-15(17)18-12)16(21)19-13-7-5-6-8-14(13)20(2)3/h5-10H,4H2,1-3H3,(H2,17,18)(H,19,21). The van der Waals surface area contributed by atoms with Gasteiger partial charge in [0.15, 0.2) is 0 Å². The summed E-state index contributed by atoms with van der Waals surface area (Å²) in [7, 11) is 3.87. The van der Waals surface area contributed by atoms with Crippen molar-refractivity contribution in [3.63, 3.8) is 0 Å². The van der Waals surface area contributed by atoms with Gasteiger partial charge >= 0.3 is 0 Å². The molecule has 0 atom stereocenters. The molecular formula is C16H20N4O. The van der Waals surface area contributed by atoms with Gasteiger partial charge in [0.2, 0.25) is 0 Å². The van der Waals surface area contributed by atoms with Crippen molar-refractivity contribution in [3.8, 4) is 0 Å². The number of nitrogens with two attached hydrogens (primary N) is 1. The van der Waals surface area contributed by atoms with Gasteiger partial charge in [-0.2, -0.15) is 0 Å². The van der Waals surface area contributed by atoms with E-state index in [1.165, 1.54) is 0 Å². The number of benzene rings is 1. The summed E-state index contributed by atoms with van der Waals surface area (Å²) in [6, 6.07) is 11.0. The Balaban J connectivity index is 2.28. The maximum Gasteiger partial charge on any atom is 0.255 e. The van der Waals surface area contributed by atoms with Crippen LogP contribution in [0.2, 0.25) is 0 Å². The van der Waals surface area contributed by atoms with Gasteiger partial charge in [-0.15, -0.1) is 0 Å². The van der Waals surface area contributed by atoms with E-state index in [0.717, 1.165) is 23.5 Å². The quantitative estimate of drug-likeness (QED) is 0.905. The van der Waals surface area contributed by atoms with E-state index in [1.807, 2.05) is 50.2 Å². The van der Waals surface area contributed by atoms with E-state index in [2.05, 4.69) is 10.3 Å². The summed E-state index contributed by atoms with van der Waals surface area (Å²) in [5.41, 5.74) is 8.79. The number of amides is 1. The van der Waals surface area contributed by atoms with Crippen molar-refractivity contribution < 1.29 is 4.79 Å². The number of nitrogen functional groups attached to an aromatic ring is 1. The summed E-state index contributed by atoms with van der Waals surface area (Å²) in [4.78, 5) is 18.5. The fourth-order valence-corrected chi connectivity index (χ4v) is 2.09. The third-order valence-electron chi connectivity index (χ3n) is 3.16. The molecule has 1 heterocycles.